The number of carboxylic acids is 1. The summed E-state index contributed by atoms with van der Waals surface area (Å²) in [5.41, 5.74) is 5.29. The number of rotatable bonds is 4. The zero-order valence-electron chi connectivity index (χ0n) is 8.10. The Bertz CT molecular complexity index is 370. The third-order valence-electron chi connectivity index (χ3n) is 1.79. The number of carbonyl (C=O) groups excluding carboxylic acids is 1. The first-order valence-electron chi connectivity index (χ1n) is 4.20. The van der Waals surface area contributed by atoms with Crippen molar-refractivity contribution in [3.8, 4) is 0 Å². The molecule has 0 saturated carbocycles. The summed E-state index contributed by atoms with van der Waals surface area (Å²) in [5, 5.41) is 8.55. The number of carbonyl (C=O) groups is 2. The van der Waals surface area contributed by atoms with Crippen molar-refractivity contribution in [2.45, 2.75) is 12.5 Å². The van der Waals surface area contributed by atoms with Crippen LogP contribution in [0.15, 0.2) is 16.5 Å². The predicted octanol–water partition coefficient (Wildman–Crippen LogP) is 0.0206. The van der Waals surface area contributed by atoms with Crippen LogP contribution in [0.2, 0.25) is 0 Å². The molecule has 0 aromatic carbocycles. The molecule has 1 atom stereocenters. The van der Waals surface area contributed by atoms with Crippen LogP contribution in [0.1, 0.15) is 16.3 Å². The minimum Gasteiger partial charge on any atom is -0.480 e. The number of nitrogens with two attached hydrogens (primary N) is 1. The van der Waals surface area contributed by atoms with E-state index in [1.807, 2.05) is 0 Å². The fourth-order valence-corrected chi connectivity index (χ4v) is 1.00. The molecule has 1 unspecified atom stereocenters. The van der Waals surface area contributed by atoms with E-state index < -0.39 is 18.0 Å². The van der Waals surface area contributed by atoms with Crippen molar-refractivity contribution in [3.05, 3.63) is 23.7 Å². The third kappa shape index (κ3) is 2.81. The van der Waals surface area contributed by atoms with Gasteiger partial charge < -0.3 is 20.0 Å². The largest absolute Gasteiger partial charge is 0.480 e. The number of furan rings is 1. The lowest BCUT2D eigenvalue weighted by Gasteiger charge is -2.02. The summed E-state index contributed by atoms with van der Waals surface area (Å²) in [5.74, 6) is -1.36. The zero-order chi connectivity index (χ0) is 11.4. The Hall–Kier alpha value is -1.82. The van der Waals surface area contributed by atoms with Gasteiger partial charge in [0, 0.05) is 6.42 Å². The highest BCUT2D eigenvalue weighted by Gasteiger charge is 2.16. The minimum absolute atomic E-state index is 0.0325. The minimum atomic E-state index is -1.12. The number of carboxylic acid groups (broad SMARTS) is 1. The highest BCUT2D eigenvalue weighted by molar-refractivity contribution is 5.86. The first kappa shape index (κ1) is 11.3. The van der Waals surface area contributed by atoms with Gasteiger partial charge in [0.05, 0.1) is 7.11 Å². The second kappa shape index (κ2) is 4.61. The lowest BCUT2D eigenvalue weighted by Crippen LogP contribution is -2.32. The fraction of sp³-hybridized carbons (Fsp3) is 0.333. The van der Waals surface area contributed by atoms with Crippen molar-refractivity contribution in [3.63, 3.8) is 0 Å². The Balaban J connectivity index is 2.68. The van der Waals surface area contributed by atoms with Crippen LogP contribution in [0.25, 0.3) is 0 Å². The Morgan fingerprint density at radius 2 is 2.27 bits per heavy atom. The average molecular weight is 213 g/mol. The van der Waals surface area contributed by atoms with E-state index in [4.69, 9.17) is 15.3 Å². The standard InChI is InChI=1S/C9H11NO5/c1-14-9(13)7-3-2-5(15-7)4-6(10)8(11)12/h2-3,6H,4,10H2,1H3,(H,11,12). The highest BCUT2D eigenvalue weighted by Crippen LogP contribution is 2.10. The molecule has 1 heterocycles. The first-order chi connectivity index (χ1) is 7.04. The molecule has 0 amide bonds. The third-order valence-corrected chi connectivity index (χ3v) is 1.79. The Morgan fingerprint density at radius 3 is 2.80 bits per heavy atom. The van der Waals surface area contributed by atoms with Crippen molar-refractivity contribution < 1.29 is 23.8 Å². The maximum absolute atomic E-state index is 11.0. The van der Waals surface area contributed by atoms with Gasteiger partial charge in [-0.3, -0.25) is 4.79 Å². The van der Waals surface area contributed by atoms with Crippen LogP contribution in [-0.4, -0.2) is 30.2 Å². The molecule has 1 aromatic heterocycles. The molecular formula is C9H11NO5. The van der Waals surface area contributed by atoms with E-state index in [2.05, 4.69) is 4.74 Å². The van der Waals surface area contributed by atoms with E-state index in [-0.39, 0.29) is 12.2 Å². The number of aliphatic carboxylic acids is 1. The summed E-state index contributed by atoms with van der Waals surface area (Å²) < 4.78 is 9.46. The van der Waals surface area contributed by atoms with Gasteiger partial charge in [0.15, 0.2) is 0 Å². The van der Waals surface area contributed by atoms with Crippen LogP contribution in [0.3, 0.4) is 0 Å². The monoisotopic (exact) mass is 213 g/mol. The number of methoxy groups -OCH3 is 1. The normalized spacial score (nSPS) is 12.1. The van der Waals surface area contributed by atoms with Crippen molar-refractivity contribution in [1.82, 2.24) is 0 Å². The molecule has 6 nitrogen and oxygen atoms in total. The molecule has 0 aliphatic rings. The van der Waals surface area contributed by atoms with Crippen molar-refractivity contribution in [1.29, 1.82) is 0 Å². The van der Waals surface area contributed by atoms with Gasteiger partial charge >= 0.3 is 11.9 Å². The molecule has 0 aliphatic carbocycles. The Kier molecular flexibility index (Phi) is 3.46. The SMILES string of the molecule is COC(=O)c1ccc(CC(N)C(=O)O)o1. The van der Waals surface area contributed by atoms with E-state index in [0.29, 0.717) is 5.76 Å². The molecule has 82 valence electrons. The Labute approximate surface area is 85.6 Å². The van der Waals surface area contributed by atoms with Crippen LogP contribution < -0.4 is 5.73 Å². The molecule has 0 saturated heterocycles. The van der Waals surface area contributed by atoms with Gasteiger partial charge in [-0.2, -0.15) is 0 Å². The van der Waals surface area contributed by atoms with Gasteiger partial charge in [-0.1, -0.05) is 0 Å². The van der Waals surface area contributed by atoms with Crippen molar-refractivity contribution >= 4 is 11.9 Å². The second-order valence-electron chi connectivity index (χ2n) is 2.91. The number of esters is 1. The molecule has 3 N–H and O–H groups in total. The molecule has 15 heavy (non-hydrogen) atoms. The Morgan fingerprint density at radius 1 is 1.60 bits per heavy atom. The van der Waals surface area contributed by atoms with Gasteiger partial charge in [-0.05, 0) is 12.1 Å². The summed E-state index contributed by atoms with van der Waals surface area (Å²) in [6.45, 7) is 0. The van der Waals surface area contributed by atoms with Gasteiger partial charge in [-0.25, -0.2) is 4.79 Å². The number of hydrogen-bond acceptors (Lipinski definition) is 5. The summed E-state index contributed by atoms with van der Waals surface area (Å²) in [7, 11) is 1.23. The number of hydrogen-bond donors (Lipinski definition) is 2. The van der Waals surface area contributed by atoms with Gasteiger partial charge in [0.2, 0.25) is 5.76 Å². The van der Waals surface area contributed by atoms with Gasteiger partial charge in [-0.15, -0.1) is 0 Å². The van der Waals surface area contributed by atoms with E-state index >= 15 is 0 Å². The molecule has 1 aromatic rings. The maximum atomic E-state index is 11.0. The average Bonchev–Trinajstić information content (AvgIpc) is 2.65. The second-order valence-corrected chi connectivity index (χ2v) is 2.91. The summed E-state index contributed by atoms with van der Waals surface area (Å²) >= 11 is 0. The topological polar surface area (TPSA) is 103 Å². The summed E-state index contributed by atoms with van der Waals surface area (Å²) in [6, 6.07) is 1.87. The summed E-state index contributed by atoms with van der Waals surface area (Å²) in [6.07, 6.45) is 0.0341. The molecule has 0 radical (unpaired) electrons. The lowest BCUT2D eigenvalue weighted by atomic mass is 10.2. The number of ether oxygens (including phenoxy) is 1. The van der Waals surface area contributed by atoms with E-state index in [1.165, 1.54) is 19.2 Å². The molecule has 0 aliphatic heterocycles. The van der Waals surface area contributed by atoms with Crippen molar-refractivity contribution in [2.75, 3.05) is 7.11 Å². The fourth-order valence-electron chi connectivity index (χ4n) is 1.00. The van der Waals surface area contributed by atoms with Crippen LogP contribution in [-0.2, 0) is 16.0 Å². The maximum Gasteiger partial charge on any atom is 0.373 e. The molecule has 0 fully saturated rings. The molecule has 0 spiro atoms. The van der Waals surface area contributed by atoms with E-state index in [1.54, 1.807) is 0 Å². The smallest absolute Gasteiger partial charge is 0.373 e. The predicted molar refractivity (Wildman–Crippen MR) is 49.4 cm³/mol. The lowest BCUT2D eigenvalue weighted by molar-refractivity contribution is -0.138. The van der Waals surface area contributed by atoms with Crippen LogP contribution in [0, 0.1) is 0 Å². The van der Waals surface area contributed by atoms with Crippen LogP contribution in [0.4, 0.5) is 0 Å². The van der Waals surface area contributed by atoms with Gasteiger partial charge in [0.1, 0.15) is 11.8 Å². The van der Waals surface area contributed by atoms with E-state index in [0.717, 1.165) is 0 Å². The summed E-state index contributed by atoms with van der Waals surface area (Å²) in [4.78, 5) is 21.4. The van der Waals surface area contributed by atoms with Crippen LogP contribution >= 0.6 is 0 Å². The molecule has 6 heteroatoms. The van der Waals surface area contributed by atoms with Crippen molar-refractivity contribution in [2.24, 2.45) is 5.73 Å². The molecule has 1 rings (SSSR count). The first-order valence-corrected chi connectivity index (χ1v) is 4.20. The molecular weight excluding hydrogens is 202 g/mol. The van der Waals surface area contributed by atoms with Crippen LogP contribution in [0.5, 0.6) is 0 Å². The molecule has 0 bridgehead atoms. The zero-order valence-corrected chi connectivity index (χ0v) is 8.10. The van der Waals surface area contributed by atoms with E-state index in [9.17, 15) is 9.59 Å². The van der Waals surface area contributed by atoms with Gasteiger partial charge in [0.25, 0.3) is 0 Å². The highest BCUT2D eigenvalue weighted by atomic mass is 16.5. The quantitative estimate of drug-likeness (QED) is 0.683.